The molecule has 20 heavy (non-hydrogen) atoms. The zero-order chi connectivity index (χ0) is 15.3. The van der Waals surface area contributed by atoms with Crippen molar-refractivity contribution >= 4 is 16.8 Å². The summed E-state index contributed by atoms with van der Waals surface area (Å²) in [6.07, 6.45) is 1.27. The third-order valence-corrected chi connectivity index (χ3v) is 3.00. The number of nitrogens with one attached hydrogen (secondary N) is 1. The van der Waals surface area contributed by atoms with Crippen LogP contribution in [0, 0.1) is 25.7 Å². The van der Waals surface area contributed by atoms with Crippen LogP contribution in [0.1, 0.15) is 41.5 Å². The SMILES string of the molecule is C#N.C=C(C)CCC(=O)c1cc(C)c2nc(C)[nH]c2c1. The van der Waals surface area contributed by atoms with Crippen molar-refractivity contribution < 1.29 is 4.79 Å². The van der Waals surface area contributed by atoms with E-state index in [4.69, 9.17) is 5.26 Å². The summed E-state index contributed by atoms with van der Waals surface area (Å²) in [6.45, 7) is 13.2. The van der Waals surface area contributed by atoms with E-state index in [9.17, 15) is 4.79 Å². The van der Waals surface area contributed by atoms with Crippen molar-refractivity contribution in [3.63, 3.8) is 0 Å². The quantitative estimate of drug-likeness (QED) is 0.676. The number of carbonyl (C=O) groups excluding carboxylic acids is 1. The number of hydrogen-bond donors (Lipinski definition) is 1. The molecule has 4 heteroatoms. The smallest absolute Gasteiger partial charge is 0.163 e. The molecule has 0 saturated heterocycles. The lowest BCUT2D eigenvalue weighted by Gasteiger charge is -2.03. The molecule has 0 aliphatic heterocycles. The average molecular weight is 269 g/mol. The fourth-order valence-electron chi connectivity index (χ4n) is 2.05. The number of allylic oxidation sites excluding steroid dienone is 1. The number of nitriles is 1. The molecule has 1 aromatic carbocycles. The van der Waals surface area contributed by atoms with Gasteiger partial charge in [-0.3, -0.25) is 4.79 Å². The van der Waals surface area contributed by atoms with E-state index in [1.165, 1.54) is 0 Å². The van der Waals surface area contributed by atoms with Crippen molar-refractivity contribution in [2.45, 2.75) is 33.6 Å². The first-order valence-corrected chi connectivity index (χ1v) is 6.37. The van der Waals surface area contributed by atoms with Gasteiger partial charge in [-0.15, -0.1) is 6.58 Å². The van der Waals surface area contributed by atoms with Crippen molar-refractivity contribution in [1.82, 2.24) is 9.97 Å². The highest BCUT2D eigenvalue weighted by Crippen LogP contribution is 2.20. The number of hydrogen-bond acceptors (Lipinski definition) is 3. The minimum atomic E-state index is 0.162. The molecule has 0 spiro atoms. The molecule has 2 aromatic rings. The summed E-state index contributed by atoms with van der Waals surface area (Å²) in [5.74, 6) is 1.04. The van der Waals surface area contributed by atoms with Gasteiger partial charge in [0.25, 0.3) is 0 Å². The Labute approximate surface area is 119 Å². The maximum atomic E-state index is 12.1. The van der Waals surface area contributed by atoms with Crippen LogP contribution in [0.5, 0.6) is 0 Å². The summed E-state index contributed by atoms with van der Waals surface area (Å²) in [5, 5.41) is 6.50. The zero-order valence-electron chi connectivity index (χ0n) is 12.2. The first kappa shape index (κ1) is 15.6. The second kappa shape index (κ2) is 6.67. The Bertz CT molecular complexity index is 665. The van der Waals surface area contributed by atoms with Crippen molar-refractivity contribution in [2.24, 2.45) is 0 Å². The van der Waals surface area contributed by atoms with Gasteiger partial charge in [0, 0.05) is 18.6 Å². The monoisotopic (exact) mass is 269 g/mol. The highest BCUT2D eigenvalue weighted by molar-refractivity contribution is 5.99. The van der Waals surface area contributed by atoms with Gasteiger partial charge in [-0.2, -0.15) is 0 Å². The Kier molecular flexibility index (Phi) is 5.22. The predicted octanol–water partition coefficient (Wildman–Crippen LogP) is 3.86. The Balaban J connectivity index is 0.000000956. The molecule has 0 saturated carbocycles. The first-order chi connectivity index (χ1) is 9.47. The number of fused-ring (bicyclic) bond motifs is 1. The Hall–Kier alpha value is -2.41. The summed E-state index contributed by atoms with van der Waals surface area (Å²) >= 11 is 0. The molecule has 104 valence electrons. The third-order valence-electron chi connectivity index (χ3n) is 3.00. The van der Waals surface area contributed by atoms with E-state index >= 15 is 0 Å². The molecular formula is C16H19N3O. The van der Waals surface area contributed by atoms with E-state index in [0.29, 0.717) is 6.42 Å². The molecule has 0 fully saturated rings. The zero-order valence-corrected chi connectivity index (χ0v) is 12.2. The highest BCUT2D eigenvalue weighted by Gasteiger charge is 2.10. The minimum absolute atomic E-state index is 0.162. The molecule has 0 radical (unpaired) electrons. The summed E-state index contributed by atoms with van der Waals surface area (Å²) in [6, 6.07) is 3.81. The summed E-state index contributed by atoms with van der Waals surface area (Å²) in [5.41, 5.74) is 4.72. The number of carbonyl (C=O) groups is 1. The average Bonchev–Trinajstić information content (AvgIpc) is 2.79. The maximum Gasteiger partial charge on any atom is 0.163 e. The van der Waals surface area contributed by atoms with Crippen LogP contribution in [0.25, 0.3) is 11.0 Å². The van der Waals surface area contributed by atoms with Gasteiger partial charge < -0.3 is 4.98 Å². The van der Waals surface area contributed by atoms with E-state index in [-0.39, 0.29) is 5.78 Å². The molecule has 0 amide bonds. The number of aromatic nitrogens is 2. The minimum Gasteiger partial charge on any atom is -0.342 e. The number of aromatic amines is 1. The van der Waals surface area contributed by atoms with Crippen molar-refractivity contribution in [2.75, 3.05) is 0 Å². The van der Waals surface area contributed by atoms with Gasteiger partial charge in [-0.05, 0) is 44.9 Å². The van der Waals surface area contributed by atoms with Gasteiger partial charge in [0.2, 0.25) is 0 Å². The number of ketones is 1. The van der Waals surface area contributed by atoms with Crippen LogP contribution in [0.4, 0.5) is 0 Å². The normalized spacial score (nSPS) is 9.85. The molecule has 2 rings (SSSR count). The fourth-order valence-corrected chi connectivity index (χ4v) is 2.05. The van der Waals surface area contributed by atoms with Crippen molar-refractivity contribution in [3.8, 4) is 6.57 Å². The molecule has 0 atom stereocenters. The third kappa shape index (κ3) is 3.55. The number of Topliss-reactive ketones (excluding diaryl/α,β-unsaturated/α-hetero) is 1. The standard InChI is InChI=1S/C15H18N2O.CHN/c1-9(2)5-6-14(18)12-7-10(3)15-13(8-12)16-11(4)17-15;1-2/h7-8H,1,5-6H2,2-4H3,(H,16,17);1H. The lowest BCUT2D eigenvalue weighted by atomic mass is 10.0. The van der Waals surface area contributed by atoms with E-state index in [0.717, 1.165) is 40.0 Å². The van der Waals surface area contributed by atoms with Gasteiger partial charge in [-0.25, -0.2) is 10.2 Å². The second-order valence-corrected chi connectivity index (χ2v) is 4.89. The van der Waals surface area contributed by atoms with Crippen molar-refractivity contribution in [3.05, 3.63) is 41.2 Å². The van der Waals surface area contributed by atoms with E-state index in [1.807, 2.05) is 32.9 Å². The van der Waals surface area contributed by atoms with E-state index in [1.54, 1.807) is 0 Å². The molecule has 1 N–H and O–H groups in total. The summed E-state index contributed by atoms with van der Waals surface area (Å²) in [4.78, 5) is 19.7. The van der Waals surface area contributed by atoms with Gasteiger partial charge in [0.15, 0.2) is 5.78 Å². The Morgan fingerprint density at radius 1 is 1.35 bits per heavy atom. The fraction of sp³-hybridized carbons (Fsp3) is 0.312. The van der Waals surface area contributed by atoms with Crippen LogP contribution in [-0.2, 0) is 0 Å². The molecule has 0 aliphatic rings. The molecule has 0 unspecified atom stereocenters. The van der Waals surface area contributed by atoms with Crippen LogP contribution in [0.15, 0.2) is 24.3 Å². The Morgan fingerprint density at radius 2 is 2.00 bits per heavy atom. The number of benzene rings is 1. The summed E-state index contributed by atoms with van der Waals surface area (Å²) < 4.78 is 0. The number of rotatable bonds is 4. The molecule has 0 bridgehead atoms. The maximum absolute atomic E-state index is 12.1. The number of H-pyrrole nitrogens is 1. The van der Waals surface area contributed by atoms with Gasteiger partial charge in [0.05, 0.1) is 11.0 Å². The van der Waals surface area contributed by atoms with Gasteiger partial charge >= 0.3 is 0 Å². The number of nitrogens with zero attached hydrogens (tertiary/aromatic N) is 2. The lowest BCUT2D eigenvalue weighted by molar-refractivity contribution is 0.0983. The molecular weight excluding hydrogens is 250 g/mol. The van der Waals surface area contributed by atoms with Crippen LogP contribution in [-0.4, -0.2) is 15.8 Å². The molecule has 0 aliphatic carbocycles. The van der Waals surface area contributed by atoms with E-state index in [2.05, 4.69) is 23.1 Å². The second-order valence-electron chi connectivity index (χ2n) is 4.89. The summed E-state index contributed by atoms with van der Waals surface area (Å²) in [7, 11) is 0. The number of aryl methyl sites for hydroxylation is 2. The van der Waals surface area contributed by atoms with Crippen molar-refractivity contribution in [1.29, 1.82) is 5.26 Å². The molecule has 4 nitrogen and oxygen atoms in total. The molecule has 1 heterocycles. The highest BCUT2D eigenvalue weighted by atomic mass is 16.1. The topological polar surface area (TPSA) is 69.5 Å². The van der Waals surface area contributed by atoms with Gasteiger partial charge in [-0.1, -0.05) is 5.57 Å². The first-order valence-electron chi connectivity index (χ1n) is 6.37. The van der Waals surface area contributed by atoms with Crippen LogP contribution in [0.2, 0.25) is 0 Å². The van der Waals surface area contributed by atoms with E-state index < -0.39 is 0 Å². The largest absolute Gasteiger partial charge is 0.342 e. The van der Waals surface area contributed by atoms with Crippen LogP contribution < -0.4 is 0 Å². The van der Waals surface area contributed by atoms with Crippen LogP contribution >= 0.6 is 0 Å². The molecule has 1 aromatic heterocycles. The Morgan fingerprint density at radius 3 is 2.60 bits per heavy atom. The van der Waals surface area contributed by atoms with Gasteiger partial charge in [0.1, 0.15) is 5.82 Å². The predicted molar refractivity (Wildman–Crippen MR) is 80.6 cm³/mol. The van der Waals surface area contributed by atoms with Crippen LogP contribution in [0.3, 0.4) is 0 Å². The number of imidazole rings is 1. The lowest BCUT2D eigenvalue weighted by Crippen LogP contribution is -2.00.